The maximum absolute atomic E-state index is 5.63. The number of ether oxygens (including phenoxy) is 1. The Hall–Kier alpha value is -0.795. The number of rotatable bonds is 2. The molecule has 0 aromatic heterocycles. The molecule has 2 rings (SSSR count). The fraction of sp³-hybridized carbons (Fsp3) is 0.455. The van der Waals surface area contributed by atoms with Crippen LogP contribution in [0.15, 0.2) is 24.3 Å². The van der Waals surface area contributed by atoms with Gasteiger partial charge in [-0.05, 0) is 5.56 Å². The predicted octanol–water partition coefficient (Wildman–Crippen LogP) is 0.313. The molecule has 0 saturated carbocycles. The van der Waals surface area contributed by atoms with Crippen molar-refractivity contribution in [2.24, 2.45) is 0 Å². The van der Waals surface area contributed by atoms with Crippen LogP contribution in [0.1, 0.15) is 5.56 Å². The first-order chi connectivity index (χ1) is 6.84. The Kier molecular flexibility index (Phi) is 3.22. The van der Waals surface area contributed by atoms with Gasteiger partial charge in [0.2, 0.25) is 0 Å². The van der Waals surface area contributed by atoms with E-state index in [4.69, 9.17) is 12.6 Å². The van der Waals surface area contributed by atoms with Crippen molar-refractivity contribution in [3.05, 3.63) is 29.8 Å². The Morgan fingerprint density at radius 1 is 1.14 bits per heavy atom. The zero-order valence-corrected chi connectivity index (χ0v) is 8.28. The van der Waals surface area contributed by atoms with Crippen LogP contribution < -0.4 is 5.46 Å². The van der Waals surface area contributed by atoms with Gasteiger partial charge >= 0.3 is 0 Å². The van der Waals surface area contributed by atoms with E-state index < -0.39 is 0 Å². The normalized spacial score (nSPS) is 18.3. The summed E-state index contributed by atoms with van der Waals surface area (Å²) in [6.45, 7) is 4.78. The molecule has 0 amide bonds. The van der Waals surface area contributed by atoms with Crippen molar-refractivity contribution < 1.29 is 4.74 Å². The molecule has 1 fully saturated rings. The van der Waals surface area contributed by atoms with Crippen molar-refractivity contribution in [2.75, 3.05) is 26.3 Å². The molecule has 0 unspecified atom stereocenters. The molecule has 2 radical (unpaired) electrons. The van der Waals surface area contributed by atoms with Crippen LogP contribution in [0.3, 0.4) is 0 Å². The van der Waals surface area contributed by atoms with E-state index in [2.05, 4.69) is 17.0 Å². The highest BCUT2D eigenvalue weighted by Crippen LogP contribution is 2.05. The molecule has 2 nitrogen and oxygen atoms in total. The summed E-state index contributed by atoms with van der Waals surface area (Å²) in [5.74, 6) is 0. The van der Waals surface area contributed by atoms with Crippen molar-refractivity contribution >= 4 is 13.3 Å². The lowest BCUT2D eigenvalue weighted by atomic mass is 9.95. The van der Waals surface area contributed by atoms with Gasteiger partial charge in [0.1, 0.15) is 7.85 Å². The zero-order chi connectivity index (χ0) is 9.80. The van der Waals surface area contributed by atoms with Gasteiger partial charge in [0.25, 0.3) is 0 Å². The minimum Gasteiger partial charge on any atom is -0.379 e. The number of nitrogens with zero attached hydrogens (tertiary/aromatic N) is 1. The summed E-state index contributed by atoms with van der Waals surface area (Å²) >= 11 is 0. The second-order valence-electron chi connectivity index (χ2n) is 3.63. The summed E-state index contributed by atoms with van der Waals surface area (Å²) in [6, 6.07) is 8.08. The largest absolute Gasteiger partial charge is 0.379 e. The molecule has 1 aromatic carbocycles. The van der Waals surface area contributed by atoms with E-state index in [1.165, 1.54) is 5.56 Å². The smallest absolute Gasteiger partial charge is 0.113 e. The predicted molar refractivity (Wildman–Crippen MR) is 57.9 cm³/mol. The lowest BCUT2D eigenvalue weighted by Crippen LogP contribution is -2.35. The topological polar surface area (TPSA) is 12.5 Å². The first-order valence-corrected chi connectivity index (χ1v) is 4.99. The van der Waals surface area contributed by atoms with Crippen LogP contribution >= 0.6 is 0 Å². The van der Waals surface area contributed by atoms with Gasteiger partial charge in [0.05, 0.1) is 13.2 Å². The first-order valence-electron chi connectivity index (χ1n) is 4.99. The monoisotopic (exact) mass is 187 g/mol. The van der Waals surface area contributed by atoms with Crippen LogP contribution in [0.2, 0.25) is 0 Å². The van der Waals surface area contributed by atoms with Crippen molar-refractivity contribution in [3.63, 3.8) is 0 Å². The molecule has 0 aliphatic carbocycles. The minimum atomic E-state index is 0.829. The first kappa shape index (κ1) is 9.75. The highest BCUT2D eigenvalue weighted by Gasteiger charge is 2.09. The average Bonchev–Trinajstić information content (AvgIpc) is 2.23. The Morgan fingerprint density at radius 2 is 1.79 bits per heavy atom. The van der Waals surface area contributed by atoms with Crippen molar-refractivity contribution in [2.45, 2.75) is 6.54 Å². The number of hydrogen-bond acceptors (Lipinski definition) is 2. The molecule has 1 aliphatic rings. The van der Waals surface area contributed by atoms with Crippen molar-refractivity contribution in [1.29, 1.82) is 0 Å². The molecule has 0 atom stereocenters. The van der Waals surface area contributed by atoms with Crippen LogP contribution in [0.5, 0.6) is 0 Å². The Labute approximate surface area is 86.3 Å². The van der Waals surface area contributed by atoms with Crippen LogP contribution in [0.4, 0.5) is 0 Å². The lowest BCUT2D eigenvalue weighted by molar-refractivity contribution is 0.0342. The molecule has 0 bridgehead atoms. The highest BCUT2D eigenvalue weighted by atomic mass is 16.5. The van der Waals surface area contributed by atoms with E-state index in [-0.39, 0.29) is 0 Å². The van der Waals surface area contributed by atoms with Gasteiger partial charge < -0.3 is 4.74 Å². The van der Waals surface area contributed by atoms with Crippen LogP contribution in [0, 0.1) is 0 Å². The third-order valence-electron chi connectivity index (χ3n) is 2.49. The quantitative estimate of drug-likeness (QED) is 0.618. The third kappa shape index (κ3) is 2.60. The molecule has 1 saturated heterocycles. The zero-order valence-electron chi connectivity index (χ0n) is 8.28. The van der Waals surface area contributed by atoms with Gasteiger partial charge in [-0.15, -0.1) is 0 Å². The van der Waals surface area contributed by atoms with Gasteiger partial charge in [0.15, 0.2) is 0 Å². The van der Waals surface area contributed by atoms with E-state index in [1.807, 2.05) is 12.1 Å². The van der Waals surface area contributed by atoms with E-state index in [1.54, 1.807) is 0 Å². The molecule has 0 N–H and O–H groups in total. The maximum Gasteiger partial charge on any atom is 0.113 e. The summed E-state index contributed by atoms with van der Waals surface area (Å²) in [5, 5.41) is 0. The lowest BCUT2D eigenvalue weighted by Gasteiger charge is -2.26. The fourth-order valence-electron chi connectivity index (χ4n) is 1.64. The van der Waals surface area contributed by atoms with Crippen molar-refractivity contribution in [3.8, 4) is 0 Å². The van der Waals surface area contributed by atoms with Crippen molar-refractivity contribution in [1.82, 2.24) is 4.90 Å². The highest BCUT2D eigenvalue weighted by molar-refractivity contribution is 6.32. The minimum absolute atomic E-state index is 0.829. The molecule has 1 aliphatic heterocycles. The summed E-state index contributed by atoms with van der Waals surface area (Å²) < 4.78 is 5.29. The van der Waals surface area contributed by atoms with Crippen LogP contribution in [-0.4, -0.2) is 39.0 Å². The number of morpholine rings is 1. The third-order valence-corrected chi connectivity index (χ3v) is 2.49. The van der Waals surface area contributed by atoms with Gasteiger partial charge in [-0.25, -0.2) is 0 Å². The van der Waals surface area contributed by atoms with E-state index in [0.717, 1.165) is 38.3 Å². The molecule has 0 spiro atoms. The second kappa shape index (κ2) is 4.62. The fourth-order valence-corrected chi connectivity index (χ4v) is 1.64. The molecule has 14 heavy (non-hydrogen) atoms. The SMILES string of the molecule is [B]c1ccc(CN2CCOCC2)cc1. The molecule has 1 heterocycles. The average molecular weight is 187 g/mol. The van der Waals surface area contributed by atoms with E-state index >= 15 is 0 Å². The van der Waals surface area contributed by atoms with Gasteiger partial charge in [-0.3, -0.25) is 4.90 Å². The standard InChI is InChI=1S/C11H14BNO/c12-11-3-1-10(2-4-11)9-13-5-7-14-8-6-13/h1-4H,5-9H2. The maximum atomic E-state index is 5.63. The summed E-state index contributed by atoms with van der Waals surface area (Å²) in [5.41, 5.74) is 2.15. The Bertz CT molecular complexity index is 280. The summed E-state index contributed by atoms with van der Waals surface area (Å²) in [6.07, 6.45) is 0. The molecule has 1 aromatic rings. The van der Waals surface area contributed by atoms with Crippen LogP contribution in [0.25, 0.3) is 0 Å². The number of benzene rings is 1. The summed E-state index contributed by atoms with van der Waals surface area (Å²) in [7, 11) is 5.63. The van der Waals surface area contributed by atoms with Gasteiger partial charge in [-0.2, -0.15) is 0 Å². The van der Waals surface area contributed by atoms with E-state index in [0.29, 0.717) is 0 Å². The molecule has 72 valence electrons. The Morgan fingerprint density at radius 3 is 2.43 bits per heavy atom. The Balaban J connectivity index is 1.92. The molecular weight excluding hydrogens is 173 g/mol. The van der Waals surface area contributed by atoms with Gasteiger partial charge in [0, 0.05) is 19.6 Å². The number of hydrogen-bond donors (Lipinski definition) is 0. The second-order valence-corrected chi connectivity index (χ2v) is 3.63. The van der Waals surface area contributed by atoms with Crippen LogP contribution in [-0.2, 0) is 11.3 Å². The molecule has 3 heteroatoms. The summed E-state index contributed by atoms with van der Waals surface area (Å²) in [4.78, 5) is 2.40. The molecular formula is C11H14BNO. The van der Waals surface area contributed by atoms with E-state index in [9.17, 15) is 0 Å². The van der Waals surface area contributed by atoms with Gasteiger partial charge in [-0.1, -0.05) is 29.7 Å².